The summed E-state index contributed by atoms with van der Waals surface area (Å²) in [6.07, 6.45) is 0. The van der Waals surface area contributed by atoms with Crippen LogP contribution in [0.4, 0.5) is 0 Å². The van der Waals surface area contributed by atoms with Crippen molar-refractivity contribution in [3.63, 3.8) is 0 Å². The Kier molecular flexibility index (Phi) is 4.74. The molecule has 0 aliphatic carbocycles. The zero-order chi connectivity index (χ0) is 13.0. The molecule has 1 aromatic heterocycles. The van der Waals surface area contributed by atoms with Crippen LogP contribution in [0.25, 0.3) is 0 Å². The van der Waals surface area contributed by atoms with E-state index in [9.17, 15) is 8.42 Å². The number of nitrogens with zero attached hydrogens (tertiary/aromatic N) is 1. The topological polar surface area (TPSA) is 58.6 Å². The van der Waals surface area contributed by atoms with Gasteiger partial charge in [-0.2, -0.15) is 0 Å². The molecule has 1 N–H and O–H groups in total. The molecule has 102 valence electrons. The second-order valence-corrected chi connectivity index (χ2v) is 7.26. The first-order valence-electron chi connectivity index (χ1n) is 5.94. The van der Waals surface area contributed by atoms with Gasteiger partial charge in [-0.3, -0.25) is 4.90 Å². The fraction of sp³-hybridized carbons (Fsp3) is 0.636. The number of hydrogen-bond donors (Lipinski definition) is 1. The lowest BCUT2D eigenvalue weighted by Crippen LogP contribution is -2.45. The molecule has 18 heavy (non-hydrogen) atoms. The Labute approximate surface area is 112 Å². The average Bonchev–Trinajstić information content (AvgIpc) is 2.83. The van der Waals surface area contributed by atoms with E-state index in [1.54, 1.807) is 17.5 Å². The molecule has 0 amide bonds. The van der Waals surface area contributed by atoms with Gasteiger partial charge in [-0.25, -0.2) is 13.1 Å². The van der Waals surface area contributed by atoms with Gasteiger partial charge >= 0.3 is 0 Å². The van der Waals surface area contributed by atoms with Gasteiger partial charge in [0.1, 0.15) is 4.21 Å². The highest BCUT2D eigenvalue weighted by molar-refractivity contribution is 7.91. The zero-order valence-corrected chi connectivity index (χ0v) is 12.0. The summed E-state index contributed by atoms with van der Waals surface area (Å²) in [6.45, 7) is 5.79. The van der Waals surface area contributed by atoms with Gasteiger partial charge in [-0.15, -0.1) is 11.3 Å². The minimum absolute atomic E-state index is 0.102. The van der Waals surface area contributed by atoms with E-state index in [1.165, 1.54) is 11.3 Å². The molecule has 0 spiro atoms. The van der Waals surface area contributed by atoms with E-state index in [0.717, 1.165) is 26.3 Å². The number of morpholine rings is 1. The monoisotopic (exact) mass is 290 g/mol. The summed E-state index contributed by atoms with van der Waals surface area (Å²) >= 11 is 1.23. The molecule has 1 fully saturated rings. The highest BCUT2D eigenvalue weighted by atomic mass is 32.2. The lowest BCUT2D eigenvalue weighted by atomic mass is 10.3. The minimum Gasteiger partial charge on any atom is -0.379 e. The van der Waals surface area contributed by atoms with Gasteiger partial charge in [0.25, 0.3) is 0 Å². The molecule has 0 saturated carbocycles. The first-order valence-corrected chi connectivity index (χ1v) is 8.30. The quantitative estimate of drug-likeness (QED) is 0.869. The van der Waals surface area contributed by atoms with Crippen LogP contribution in [0, 0.1) is 0 Å². The summed E-state index contributed by atoms with van der Waals surface area (Å²) in [7, 11) is -3.36. The second kappa shape index (κ2) is 6.12. The first-order chi connectivity index (χ1) is 8.58. The maximum atomic E-state index is 12.0. The molecule has 1 aromatic rings. The van der Waals surface area contributed by atoms with Gasteiger partial charge < -0.3 is 4.74 Å². The molecular weight excluding hydrogens is 272 g/mol. The SMILES string of the molecule is CC(CN1CCOCC1)NS(=O)(=O)c1cccs1. The number of ether oxygens (including phenoxy) is 1. The summed E-state index contributed by atoms with van der Waals surface area (Å²) in [5, 5.41) is 1.77. The van der Waals surface area contributed by atoms with E-state index in [2.05, 4.69) is 9.62 Å². The van der Waals surface area contributed by atoms with Crippen molar-refractivity contribution in [2.75, 3.05) is 32.8 Å². The van der Waals surface area contributed by atoms with E-state index in [0.29, 0.717) is 10.8 Å². The van der Waals surface area contributed by atoms with Crippen molar-refractivity contribution in [1.82, 2.24) is 9.62 Å². The summed E-state index contributed by atoms with van der Waals surface area (Å²) in [4.78, 5) is 2.21. The van der Waals surface area contributed by atoms with Gasteiger partial charge in [-0.1, -0.05) is 6.07 Å². The molecule has 2 rings (SSSR count). The summed E-state index contributed by atoms with van der Waals surface area (Å²) in [5.41, 5.74) is 0. The Hall–Kier alpha value is -0.470. The zero-order valence-electron chi connectivity index (χ0n) is 10.3. The van der Waals surface area contributed by atoms with Gasteiger partial charge in [0.2, 0.25) is 10.0 Å². The molecule has 0 radical (unpaired) electrons. The van der Waals surface area contributed by atoms with E-state index < -0.39 is 10.0 Å². The predicted molar refractivity (Wildman–Crippen MR) is 71.4 cm³/mol. The van der Waals surface area contributed by atoms with Crippen molar-refractivity contribution in [2.24, 2.45) is 0 Å². The Morgan fingerprint density at radius 3 is 2.83 bits per heavy atom. The Morgan fingerprint density at radius 1 is 1.50 bits per heavy atom. The number of thiophene rings is 1. The molecule has 0 aromatic carbocycles. The maximum Gasteiger partial charge on any atom is 0.250 e. The maximum absolute atomic E-state index is 12.0. The standard InChI is InChI=1S/C11H18N2O3S2/c1-10(9-13-4-6-16-7-5-13)12-18(14,15)11-3-2-8-17-11/h2-3,8,10,12H,4-7,9H2,1H3. The van der Waals surface area contributed by atoms with Gasteiger partial charge in [-0.05, 0) is 18.4 Å². The smallest absolute Gasteiger partial charge is 0.250 e. The van der Waals surface area contributed by atoms with Gasteiger partial charge in [0.05, 0.1) is 13.2 Å². The Morgan fingerprint density at radius 2 is 2.22 bits per heavy atom. The molecule has 1 aliphatic rings. The van der Waals surface area contributed by atoms with Crippen LogP contribution in [0.3, 0.4) is 0 Å². The van der Waals surface area contributed by atoms with Gasteiger partial charge in [0, 0.05) is 25.7 Å². The third kappa shape index (κ3) is 3.76. The molecule has 1 atom stereocenters. The van der Waals surface area contributed by atoms with Crippen LogP contribution in [0.15, 0.2) is 21.7 Å². The van der Waals surface area contributed by atoms with Crippen LogP contribution >= 0.6 is 11.3 Å². The van der Waals surface area contributed by atoms with Crippen molar-refractivity contribution in [2.45, 2.75) is 17.2 Å². The second-order valence-electron chi connectivity index (χ2n) is 4.37. The predicted octanol–water partition coefficient (Wildman–Crippen LogP) is 0.747. The van der Waals surface area contributed by atoms with Crippen LogP contribution < -0.4 is 4.72 Å². The van der Waals surface area contributed by atoms with Crippen LogP contribution in [0.2, 0.25) is 0 Å². The lowest BCUT2D eigenvalue weighted by molar-refractivity contribution is 0.0354. The lowest BCUT2D eigenvalue weighted by Gasteiger charge is -2.29. The number of sulfonamides is 1. The summed E-state index contributed by atoms with van der Waals surface area (Å²) < 4.78 is 32.3. The molecule has 1 saturated heterocycles. The van der Waals surface area contributed by atoms with E-state index >= 15 is 0 Å². The third-order valence-corrected chi connectivity index (χ3v) is 5.74. The summed E-state index contributed by atoms with van der Waals surface area (Å²) in [6, 6.07) is 3.26. The highest BCUT2D eigenvalue weighted by Gasteiger charge is 2.20. The van der Waals surface area contributed by atoms with Crippen molar-refractivity contribution in [3.8, 4) is 0 Å². The average molecular weight is 290 g/mol. The minimum atomic E-state index is -3.36. The van der Waals surface area contributed by atoms with E-state index in [4.69, 9.17) is 4.74 Å². The number of hydrogen-bond acceptors (Lipinski definition) is 5. The van der Waals surface area contributed by atoms with Crippen molar-refractivity contribution < 1.29 is 13.2 Å². The number of nitrogens with one attached hydrogen (secondary N) is 1. The van der Waals surface area contributed by atoms with Crippen molar-refractivity contribution >= 4 is 21.4 Å². The van der Waals surface area contributed by atoms with Crippen LogP contribution in [0.5, 0.6) is 0 Å². The molecule has 2 heterocycles. The van der Waals surface area contributed by atoms with E-state index in [-0.39, 0.29) is 6.04 Å². The molecule has 1 aliphatic heterocycles. The van der Waals surface area contributed by atoms with E-state index in [1.807, 2.05) is 6.92 Å². The molecule has 7 heteroatoms. The Bertz CT molecular complexity index is 453. The normalized spacial score (nSPS) is 19.8. The first kappa shape index (κ1) is 14.0. The number of rotatable bonds is 5. The van der Waals surface area contributed by atoms with Crippen LogP contribution in [-0.2, 0) is 14.8 Å². The van der Waals surface area contributed by atoms with Crippen molar-refractivity contribution in [1.29, 1.82) is 0 Å². The third-order valence-electron chi connectivity index (χ3n) is 2.75. The van der Waals surface area contributed by atoms with Gasteiger partial charge in [0.15, 0.2) is 0 Å². The molecular formula is C11H18N2O3S2. The fourth-order valence-electron chi connectivity index (χ4n) is 1.95. The fourth-order valence-corrected chi connectivity index (χ4v) is 4.19. The summed E-state index contributed by atoms with van der Waals surface area (Å²) in [5.74, 6) is 0. The Balaban J connectivity index is 1.88. The highest BCUT2D eigenvalue weighted by Crippen LogP contribution is 2.15. The largest absolute Gasteiger partial charge is 0.379 e. The van der Waals surface area contributed by atoms with Crippen molar-refractivity contribution in [3.05, 3.63) is 17.5 Å². The molecule has 0 bridgehead atoms. The van der Waals surface area contributed by atoms with Crippen LogP contribution in [-0.4, -0.2) is 52.2 Å². The molecule has 1 unspecified atom stereocenters. The molecule has 5 nitrogen and oxygen atoms in total. The van der Waals surface area contributed by atoms with Crippen LogP contribution in [0.1, 0.15) is 6.92 Å².